The smallest absolute Gasteiger partial charge is 0.263 e. The van der Waals surface area contributed by atoms with Crippen LogP contribution in [0.2, 0.25) is 0 Å². The van der Waals surface area contributed by atoms with E-state index in [1.54, 1.807) is 42.5 Å². The average molecular weight is 341 g/mol. The summed E-state index contributed by atoms with van der Waals surface area (Å²) in [5.41, 5.74) is 6.82. The van der Waals surface area contributed by atoms with Gasteiger partial charge in [0.2, 0.25) is 0 Å². The molecule has 0 atom stereocenters. The number of halogens is 1. The number of sulfonamides is 1. The molecular weight excluding hydrogens is 328 g/mol. The summed E-state index contributed by atoms with van der Waals surface area (Å²) in [6.45, 7) is 0.293. The van der Waals surface area contributed by atoms with Crippen LogP contribution in [-0.2, 0) is 16.6 Å². The molecule has 3 N–H and O–H groups in total. The van der Waals surface area contributed by atoms with Crippen LogP contribution in [0.25, 0.3) is 0 Å². The van der Waals surface area contributed by atoms with Gasteiger partial charge in [-0.05, 0) is 45.8 Å². The van der Waals surface area contributed by atoms with Gasteiger partial charge in [0.1, 0.15) is 4.90 Å². The molecule has 0 saturated carbocycles. The third-order valence-electron chi connectivity index (χ3n) is 2.55. The second-order valence-corrected chi connectivity index (χ2v) is 6.45. The van der Waals surface area contributed by atoms with Gasteiger partial charge in [-0.2, -0.15) is 0 Å². The summed E-state index contributed by atoms with van der Waals surface area (Å²) < 4.78 is 27.7. The summed E-state index contributed by atoms with van der Waals surface area (Å²) in [7, 11) is -3.63. The predicted molar refractivity (Wildman–Crippen MR) is 79.3 cm³/mol. The summed E-state index contributed by atoms with van der Waals surface area (Å²) in [5, 5.41) is 0. The quantitative estimate of drug-likeness (QED) is 0.898. The van der Waals surface area contributed by atoms with Crippen molar-refractivity contribution in [3.8, 4) is 0 Å². The average Bonchev–Trinajstić information content (AvgIpc) is 2.39. The van der Waals surface area contributed by atoms with E-state index >= 15 is 0 Å². The monoisotopic (exact) mass is 340 g/mol. The summed E-state index contributed by atoms with van der Waals surface area (Å²) in [5.74, 6) is 0. The van der Waals surface area contributed by atoms with E-state index in [9.17, 15) is 8.42 Å². The van der Waals surface area contributed by atoms with Crippen LogP contribution in [0.4, 0.5) is 5.69 Å². The van der Waals surface area contributed by atoms with Crippen molar-refractivity contribution in [3.63, 3.8) is 0 Å². The third kappa shape index (κ3) is 3.34. The maximum atomic E-state index is 12.3. The zero-order valence-electron chi connectivity index (χ0n) is 10.0. The van der Waals surface area contributed by atoms with E-state index in [1.807, 2.05) is 6.07 Å². The molecule has 0 aliphatic rings. The van der Waals surface area contributed by atoms with Crippen molar-refractivity contribution in [2.75, 3.05) is 4.72 Å². The van der Waals surface area contributed by atoms with Gasteiger partial charge in [0.25, 0.3) is 10.0 Å². The molecule has 2 rings (SSSR count). The Morgan fingerprint density at radius 3 is 2.42 bits per heavy atom. The van der Waals surface area contributed by atoms with Crippen molar-refractivity contribution in [2.45, 2.75) is 11.4 Å². The van der Waals surface area contributed by atoms with Gasteiger partial charge >= 0.3 is 0 Å². The number of hydrogen-bond acceptors (Lipinski definition) is 3. The molecule has 0 amide bonds. The van der Waals surface area contributed by atoms with Gasteiger partial charge in [-0.3, -0.25) is 4.72 Å². The van der Waals surface area contributed by atoms with E-state index < -0.39 is 10.0 Å². The van der Waals surface area contributed by atoms with E-state index in [0.29, 0.717) is 16.7 Å². The number of nitrogens with two attached hydrogens (primary N) is 1. The van der Waals surface area contributed by atoms with Crippen molar-refractivity contribution < 1.29 is 8.42 Å². The van der Waals surface area contributed by atoms with Crippen LogP contribution in [-0.4, -0.2) is 8.42 Å². The molecule has 0 radical (unpaired) electrons. The summed E-state index contributed by atoms with van der Waals surface area (Å²) in [6, 6.07) is 13.8. The van der Waals surface area contributed by atoms with Crippen LogP contribution >= 0.6 is 15.9 Å². The van der Waals surface area contributed by atoms with E-state index in [4.69, 9.17) is 5.73 Å². The van der Waals surface area contributed by atoms with Crippen molar-refractivity contribution in [1.29, 1.82) is 0 Å². The van der Waals surface area contributed by atoms with Gasteiger partial charge in [-0.15, -0.1) is 0 Å². The lowest BCUT2D eigenvalue weighted by Gasteiger charge is -2.10. The zero-order chi connectivity index (χ0) is 13.9. The zero-order valence-corrected chi connectivity index (χ0v) is 12.4. The maximum Gasteiger partial charge on any atom is 0.263 e. The number of hydrogen-bond donors (Lipinski definition) is 2. The van der Waals surface area contributed by atoms with Gasteiger partial charge < -0.3 is 5.73 Å². The lowest BCUT2D eigenvalue weighted by atomic mass is 10.2. The molecule has 0 spiro atoms. The van der Waals surface area contributed by atoms with Crippen molar-refractivity contribution in [3.05, 3.63) is 58.6 Å². The fourth-order valence-corrected chi connectivity index (χ4v) is 3.67. The van der Waals surface area contributed by atoms with Gasteiger partial charge in [-0.25, -0.2) is 8.42 Å². The Kier molecular flexibility index (Phi) is 4.24. The second kappa shape index (κ2) is 5.73. The molecule has 100 valence electrons. The molecular formula is C13H13BrN2O2S. The Hall–Kier alpha value is -1.37. The first-order valence-corrected chi connectivity index (χ1v) is 7.87. The lowest BCUT2D eigenvalue weighted by Crippen LogP contribution is -2.14. The number of para-hydroxylation sites is 1. The highest BCUT2D eigenvalue weighted by Gasteiger charge is 2.18. The molecule has 0 heterocycles. The molecule has 2 aromatic rings. The first-order valence-electron chi connectivity index (χ1n) is 5.59. The van der Waals surface area contributed by atoms with Gasteiger partial charge in [0.15, 0.2) is 0 Å². The Balaban J connectivity index is 2.39. The number of anilines is 1. The summed E-state index contributed by atoms with van der Waals surface area (Å²) in [6.07, 6.45) is 0. The van der Waals surface area contributed by atoms with Gasteiger partial charge in [-0.1, -0.05) is 24.3 Å². The molecule has 4 nitrogen and oxygen atoms in total. The molecule has 0 fully saturated rings. The highest BCUT2D eigenvalue weighted by molar-refractivity contribution is 9.10. The van der Waals surface area contributed by atoms with Crippen molar-refractivity contribution >= 4 is 31.6 Å². The van der Waals surface area contributed by atoms with Gasteiger partial charge in [0.05, 0.1) is 0 Å². The minimum Gasteiger partial charge on any atom is -0.326 e. The second-order valence-electron chi connectivity index (χ2n) is 3.94. The lowest BCUT2D eigenvalue weighted by molar-refractivity contribution is 0.600. The highest BCUT2D eigenvalue weighted by Crippen LogP contribution is 2.25. The Morgan fingerprint density at radius 2 is 1.79 bits per heavy atom. The minimum absolute atomic E-state index is 0.180. The summed E-state index contributed by atoms with van der Waals surface area (Å²) >= 11 is 3.25. The van der Waals surface area contributed by atoms with E-state index in [1.165, 1.54) is 0 Å². The van der Waals surface area contributed by atoms with E-state index in [-0.39, 0.29) is 4.90 Å². The number of benzene rings is 2. The first kappa shape index (κ1) is 14.0. The van der Waals surface area contributed by atoms with Crippen molar-refractivity contribution in [1.82, 2.24) is 0 Å². The first-order chi connectivity index (χ1) is 9.03. The largest absolute Gasteiger partial charge is 0.326 e. The van der Waals surface area contributed by atoms with Crippen LogP contribution in [0.3, 0.4) is 0 Å². The van der Waals surface area contributed by atoms with Crippen LogP contribution in [0, 0.1) is 0 Å². The topological polar surface area (TPSA) is 72.2 Å². The SMILES string of the molecule is NCc1ccc(Br)c(S(=O)(=O)Nc2ccccc2)c1. The fourth-order valence-electron chi connectivity index (χ4n) is 1.60. The number of rotatable bonds is 4. The molecule has 0 aromatic heterocycles. The summed E-state index contributed by atoms with van der Waals surface area (Å²) in [4.78, 5) is 0.180. The number of nitrogens with one attached hydrogen (secondary N) is 1. The fraction of sp³-hybridized carbons (Fsp3) is 0.0769. The van der Waals surface area contributed by atoms with Crippen LogP contribution in [0.5, 0.6) is 0 Å². The maximum absolute atomic E-state index is 12.3. The Morgan fingerprint density at radius 1 is 1.11 bits per heavy atom. The molecule has 0 aliphatic carbocycles. The highest BCUT2D eigenvalue weighted by atomic mass is 79.9. The molecule has 0 aliphatic heterocycles. The van der Waals surface area contributed by atoms with Crippen LogP contribution < -0.4 is 10.5 Å². The minimum atomic E-state index is -3.63. The molecule has 0 bridgehead atoms. The van der Waals surface area contributed by atoms with E-state index in [0.717, 1.165) is 5.56 Å². The molecule has 0 saturated heterocycles. The molecule has 19 heavy (non-hydrogen) atoms. The Bertz CT molecular complexity index is 672. The molecule has 0 unspecified atom stereocenters. The molecule has 2 aromatic carbocycles. The van der Waals surface area contributed by atoms with Crippen molar-refractivity contribution in [2.24, 2.45) is 5.73 Å². The predicted octanol–water partition coefficient (Wildman–Crippen LogP) is 2.71. The third-order valence-corrected chi connectivity index (χ3v) is 4.92. The normalized spacial score (nSPS) is 11.3. The molecule has 6 heteroatoms. The van der Waals surface area contributed by atoms with Gasteiger partial charge in [0, 0.05) is 16.7 Å². The van der Waals surface area contributed by atoms with E-state index in [2.05, 4.69) is 20.7 Å². The standard InChI is InChI=1S/C13H13BrN2O2S/c14-12-7-6-10(9-15)8-13(12)19(17,18)16-11-4-2-1-3-5-11/h1-8,16H,9,15H2. The van der Waals surface area contributed by atoms with Crippen LogP contribution in [0.15, 0.2) is 57.9 Å². The van der Waals surface area contributed by atoms with Crippen LogP contribution in [0.1, 0.15) is 5.56 Å². The Labute approximate surface area is 120 Å².